The molecule has 0 nitrogen and oxygen atoms in total. The molecule has 0 aliphatic carbocycles. The molecule has 0 radical (unpaired) electrons. The van der Waals surface area contributed by atoms with Crippen LogP contribution >= 0.6 is 0 Å². The molecule has 0 aliphatic rings. The average Bonchev–Trinajstić information content (AvgIpc) is 1.89. The highest BCUT2D eigenvalue weighted by Crippen LogP contribution is 1.95. The van der Waals surface area contributed by atoms with E-state index < -0.39 is 0 Å². The number of allylic oxidation sites excluding steroid dienone is 2. The lowest BCUT2D eigenvalue weighted by molar-refractivity contribution is 1.14. The Morgan fingerprint density at radius 1 is 1.00 bits per heavy atom. The van der Waals surface area contributed by atoms with Crippen LogP contribution in [0.3, 0.4) is 0 Å². The zero-order valence-corrected chi connectivity index (χ0v) is 7.52. The molecule has 0 unspecified atom stereocenters. The Morgan fingerprint density at radius 3 is 1.78 bits per heavy atom. The van der Waals surface area contributed by atoms with Gasteiger partial charge in [-0.1, -0.05) is 24.2 Å². The maximum atomic E-state index is 3.68. The lowest BCUT2D eigenvalue weighted by Gasteiger charge is -1.91. The van der Waals surface area contributed by atoms with Crippen molar-refractivity contribution >= 4 is 9.52 Å². The molecule has 0 fully saturated rings. The highest BCUT2D eigenvalue weighted by Gasteiger charge is 1.84. The molecule has 0 heterocycles. The van der Waals surface area contributed by atoms with E-state index in [-0.39, 0.29) is 9.52 Å². The predicted molar refractivity (Wildman–Crippen MR) is 47.8 cm³/mol. The van der Waals surface area contributed by atoms with Gasteiger partial charge in [-0.15, -0.1) is 13.2 Å². The Balaban J connectivity index is 2.74. The van der Waals surface area contributed by atoms with Crippen molar-refractivity contribution < 1.29 is 0 Å². The summed E-state index contributed by atoms with van der Waals surface area (Å²) < 4.78 is 0. The fourth-order valence-corrected chi connectivity index (χ4v) is 2.26. The summed E-state index contributed by atoms with van der Waals surface area (Å²) in [5.74, 6) is 0. The van der Waals surface area contributed by atoms with Gasteiger partial charge >= 0.3 is 0 Å². The van der Waals surface area contributed by atoms with E-state index in [2.05, 4.69) is 13.2 Å². The van der Waals surface area contributed by atoms with Gasteiger partial charge in [0, 0.05) is 9.52 Å². The average molecular weight is 140 g/mol. The quantitative estimate of drug-likeness (QED) is 0.301. The van der Waals surface area contributed by atoms with Crippen molar-refractivity contribution in [1.82, 2.24) is 0 Å². The van der Waals surface area contributed by atoms with Gasteiger partial charge in [0.1, 0.15) is 0 Å². The molecule has 0 aromatic rings. The molecule has 0 saturated heterocycles. The highest BCUT2D eigenvalue weighted by atomic mass is 28.2. The summed E-state index contributed by atoms with van der Waals surface area (Å²) in [7, 11) is 0.247. The zero-order chi connectivity index (χ0) is 6.95. The fourth-order valence-electron chi connectivity index (χ4n) is 0.754. The number of rotatable bonds is 6. The summed E-state index contributed by atoms with van der Waals surface area (Å²) in [6.45, 7) is 7.36. The molecule has 1 heteroatoms. The highest BCUT2D eigenvalue weighted by molar-refractivity contribution is 6.35. The van der Waals surface area contributed by atoms with E-state index in [0.717, 1.165) is 0 Å². The van der Waals surface area contributed by atoms with Crippen molar-refractivity contribution in [2.45, 2.75) is 24.9 Å². The molecule has 0 rings (SSSR count). The van der Waals surface area contributed by atoms with Gasteiger partial charge in [0.15, 0.2) is 0 Å². The molecule has 9 heavy (non-hydrogen) atoms. The summed E-state index contributed by atoms with van der Waals surface area (Å²) in [5, 5.41) is 0. The molecule has 0 amide bonds. The van der Waals surface area contributed by atoms with E-state index >= 15 is 0 Å². The Hall–Kier alpha value is -0.303. The molecule has 0 saturated carbocycles. The van der Waals surface area contributed by atoms with Crippen LogP contribution in [0.15, 0.2) is 25.3 Å². The third-order valence-electron chi connectivity index (χ3n) is 1.32. The van der Waals surface area contributed by atoms with E-state index in [9.17, 15) is 0 Å². The van der Waals surface area contributed by atoms with Gasteiger partial charge in [-0.2, -0.15) is 0 Å². The van der Waals surface area contributed by atoms with Crippen LogP contribution in [0.2, 0.25) is 12.1 Å². The molecule has 52 valence electrons. The van der Waals surface area contributed by atoms with Crippen molar-refractivity contribution in [2.24, 2.45) is 0 Å². The lowest BCUT2D eigenvalue weighted by atomic mass is 10.5. The van der Waals surface area contributed by atoms with Crippen molar-refractivity contribution in [2.75, 3.05) is 0 Å². The van der Waals surface area contributed by atoms with Gasteiger partial charge < -0.3 is 0 Å². The third-order valence-corrected chi connectivity index (χ3v) is 3.13. The van der Waals surface area contributed by atoms with Crippen molar-refractivity contribution in [3.8, 4) is 0 Å². The van der Waals surface area contributed by atoms with E-state index in [1.165, 1.54) is 24.9 Å². The van der Waals surface area contributed by atoms with Crippen LogP contribution < -0.4 is 0 Å². The normalized spacial score (nSPS) is 8.89. The second-order valence-corrected chi connectivity index (χ2v) is 4.34. The molecule has 0 atom stereocenters. The van der Waals surface area contributed by atoms with Crippen molar-refractivity contribution in [3.63, 3.8) is 0 Å². The molecular weight excluding hydrogens is 124 g/mol. The van der Waals surface area contributed by atoms with Crippen LogP contribution in [0, 0.1) is 0 Å². The minimum absolute atomic E-state index is 0.247. The summed E-state index contributed by atoms with van der Waals surface area (Å²) in [5.41, 5.74) is 0. The maximum absolute atomic E-state index is 3.68. The molecule has 0 bridgehead atoms. The Morgan fingerprint density at radius 2 is 1.44 bits per heavy atom. The molecule has 0 aliphatic heterocycles. The zero-order valence-electron chi connectivity index (χ0n) is 6.10. The SMILES string of the molecule is C=CCC[SiH2]CCC=C. The standard InChI is InChI=1S/C8H16Si/c1-3-5-7-9-8-6-4-2/h3-4H,1-2,5-9H2. The topological polar surface area (TPSA) is 0 Å². The molecule has 0 N–H and O–H groups in total. The summed E-state index contributed by atoms with van der Waals surface area (Å²) in [6.07, 6.45) is 6.48. The first kappa shape index (κ1) is 8.70. The van der Waals surface area contributed by atoms with E-state index in [4.69, 9.17) is 0 Å². The second-order valence-electron chi connectivity index (χ2n) is 2.22. The largest absolute Gasteiger partial charge is 0.103 e. The Bertz CT molecular complexity index is 66.6. The maximum Gasteiger partial charge on any atom is 0.0204 e. The summed E-state index contributed by atoms with van der Waals surface area (Å²) >= 11 is 0. The Kier molecular flexibility index (Phi) is 7.44. The van der Waals surface area contributed by atoms with Gasteiger partial charge in [0.2, 0.25) is 0 Å². The smallest absolute Gasteiger partial charge is 0.0204 e. The van der Waals surface area contributed by atoms with E-state index in [1.54, 1.807) is 0 Å². The first-order chi connectivity index (χ1) is 4.41. The van der Waals surface area contributed by atoms with Gasteiger partial charge in [0.05, 0.1) is 0 Å². The van der Waals surface area contributed by atoms with Crippen LogP contribution in [0.1, 0.15) is 12.8 Å². The molecule has 0 aromatic heterocycles. The fraction of sp³-hybridized carbons (Fsp3) is 0.500. The summed E-state index contributed by atoms with van der Waals surface area (Å²) in [4.78, 5) is 0. The molecule has 0 aromatic carbocycles. The Labute approximate surface area is 60.5 Å². The lowest BCUT2D eigenvalue weighted by Crippen LogP contribution is -1.85. The van der Waals surface area contributed by atoms with Gasteiger partial charge in [-0.3, -0.25) is 0 Å². The van der Waals surface area contributed by atoms with Gasteiger partial charge in [0.25, 0.3) is 0 Å². The van der Waals surface area contributed by atoms with Crippen LogP contribution in [-0.4, -0.2) is 9.52 Å². The van der Waals surface area contributed by atoms with Crippen LogP contribution in [0.25, 0.3) is 0 Å². The van der Waals surface area contributed by atoms with Crippen molar-refractivity contribution in [3.05, 3.63) is 25.3 Å². The van der Waals surface area contributed by atoms with Crippen LogP contribution in [-0.2, 0) is 0 Å². The molecular formula is C8H16Si. The summed E-state index contributed by atoms with van der Waals surface area (Å²) in [6, 6.07) is 2.86. The molecule has 0 spiro atoms. The van der Waals surface area contributed by atoms with E-state index in [1.807, 2.05) is 12.2 Å². The minimum atomic E-state index is 0.247. The number of hydrogen-bond donors (Lipinski definition) is 0. The third kappa shape index (κ3) is 7.70. The second kappa shape index (κ2) is 7.70. The predicted octanol–water partition coefficient (Wildman–Crippen LogP) is 2.14. The van der Waals surface area contributed by atoms with E-state index in [0.29, 0.717) is 0 Å². The van der Waals surface area contributed by atoms with Crippen molar-refractivity contribution in [1.29, 1.82) is 0 Å². The monoisotopic (exact) mass is 140 g/mol. The first-order valence-electron chi connectivity index (χ1n) is 3.63. The number of hydrogen-bond acceptors (Lipinski definition) is 0. The van der Waals surface area contributed by atoms with Crippen LogP contribution in [0.4, 0.5) is 0 Å². The minimum Gasteiger partial charge on any atom is -0.103 e. The first-order valence-corrected chi connectivity index (χ1v) is 5.63. The van der Waals surface area contributed by atoms with Crippen LogP contribution in [0.5, 0.6) is 0 Å². The van der Waals surface area contributed by atoms with Gasteiger partial charge in [-0.25, -0.2) is 0 Å². The van der Waals surface area contributed by atoms with Gasteiger partial charge in [-0.05, 0) is 12.8 Å².